The fraction of sp³-hybridized carbons (Fsp3) is 0.462. The molecule has 0 aromatic heterocycles. The van der Waals surface area contributed by atoms with Gasteiger partial charge in [-0.1, -0.05) is 36.4 Å². The highest BCUT2D eigenvalue weighted by Gasteiger charge is 2.57. The van der Waals surface area contributed by atoms with Gasteiger partial charge in [0, 0.05) is 52.4 Å². The number of rotatable bonds is 6. The Morgan fingerprint density at radius 1 is 1.15 bits per heavy atom. The number of hydrogen-bond acceptors (Lipinski definition) is 5. The lowest BCUT2D eigenvalue weighted by Gasteiger charge is -2.36. The molecule has 2 aromatic rings. The summed E-state index contributed by atoms with van der Waals surface area (Å²) >= 11 is 0. The van der Waals surface area contributed by atoms with E-state index in [9.17, 15) is 14.0 Å². The van der Waals surface area contributed by atoms with Gasteiger partial charge in [-0.15, -0.1) is 0 Å². The Bertz CT molecular complexity index is 1050. The SMILES string of the molecule is O=C(NCCN1CCc2ccccc2C1)[C@H]1CN(Cc2ccc(F)cc2)C[C@@]12OCCNC2=O. The lowest BCUT2D eigenvalue weighted by Crippen LogP contribution is -2.62. The van der Waals surface area contributed by atoms with Crippen molar-refractivity contribution in [3.63, 3.8) is 0 Å². The van der Waals surface area contributed by atoms with E-state index < -0.39 is 11.5 Å². The van der Waals surface area contributed by atoms with Crippen molar-refractivity contribution in [2.45, 2.75) is 25.1 Å². The summed E-state index contributed by atoms with van der Waals surface area (Å²) in [5.41, 5.74) is 2.49. The number of morpholine rings is 1. The molecule has 0 bridgehead atoms. The third kappa shape index (κ3) is 4.71. The van der Waals surface area contributed by atoms with Gasteiger partial charge in [0.25, 0.3) is 5.91 Å². The Morgan fingerprint density at radius 2 is 1.94 bits per heavy atom. The van der Waals surface area contributed by atoms with Gasteiger partial charge in [0.05, 0.1) is 12.5 Å². The van der Waals surface area contributed by atoms with E-state index in [1.54, 1.807) is 12.1 Å². The summed E-state index contributed by atoms with van der Waals surface area (Å²) in [7, 11) is 0. The molecule has 2 aromatic carbocycles. The number of likely N-dealkylation sites (tertiary alicyclic amines) is 1. The summed E-state index contributed by atoms with van der Waals surface area (Å²) in [5, 5.41) is 5.94. The number of carbonyl (C=O) groups is 2. The first-order valence-electron chi connectivity index (χ1n) is 12.0. The molecule has 3 aliphatic rings. The predicted molar refractivity (Wildman–Crippen MR) is 125 cm³/mol. The molecule has 2 saturated heterocycles. The number of hydrogen-bond donors (Lipinski definition) is 2. The van der Waals surface area contributed by atoms with Gasteiger partial charge in [-0.2, -0.15) is 0 Å². The Hall–Kier alpha value is -2.81. The number of benzene rings is 2. The molecule has 2 fully saturated rings. The summed E-state index contributed by atoms with van der Waals surface area (Å²) in [6.45, 7) is 5.23. The lowest BCUT2D eigenvalue weighted by atomic mass is 9.88. The standard InChI is InChI=1S/C26H31FN4O3/c27-22-7-5-19(6-8-22)15-31-17-23(26(18-31)25(33)29-11-14-34-26)24(32)28-10-13-30-12-9-20-3-1-2-4-21(20)16-30/h1-8,23H,9-18H2,(H,28,32)(H,29,33)/t23-,26-/m1/s1. The van der Waals surface area contributed by atoms with E-state index in [0.29, 0.717) is 39.3 Å². The van der Waals surface area contributed by atoms with Crippen LogP contribution in [0, 0.1) is 11.7 Å². The summed E-state index contributed by atoms with van der Waals surface area (Å²) in [5.74, 6) is -1.27. The highest BCUT2D eigenvalue weighted by Crippen LogP contribution is 2.34. The van der Waals surface area contributed by atoms with Crippen LogP contribution in [0.4, 0.5) is 4.39 Å². The van der Waals surface area contributed by atoms with Gasteiger partial charge in [0.1, 0.15) is 5.82 Å². The Balaban J connectivity index is 1.21. The van der Waals surface area contributed by atoms with E-state index in [4.69, 9.17) is 4.74 Å². The van der Waals surface area contributed by atoms with Gasteiger partial charge >= 0.3 is 0 Å². The molecule has 1 spiro atoms. The Kier molecular flexibility index (Phi) is 6.63. The molecule has 8 heteroatoms. The number of amides is 2. The van der Waals surface area contributed by atoms with Crippen LogP contribution in [-0.4, -0.2) is 73.1 Å². The highest BCUT2D eigenvalue weighted by atomic mass is 19.1. The van der Waals surface area contributed by atoms with E-state index in [2.05, 4.69) is 39.8 Å². The van der Waals surface area contributed by atoms with E-state index >= 15 is 0 Å². The van der Waals surface area contributed by atoms with Crippen molar-refractivity contribution in [2.24, 2.45) is 5.92 Å². The highest BCUT2D eigenvalue weighted by molar-refractivity contribution is 5.94. The molecule has 34 heavy (non-hydrogen) atoms. The van der Waals surface area contributed by atoms with Crippen LogP contribution >= 0.6 is 0 Å². The second-order valence-corrected chi connectivity index (χ2v) is 9.43. The third-order valence-electron chi connectivity index (χ3n) is 7.17. The maximum absolute atomic E-state index is 13.3. The summed E-state index contributed by atoms with van der Waals surface area (Å²) in [6, 6.07) is 14.8. The van der Waals surface area contributed by atoms with E-state index in [0.717, 1.165) is 31.6 Å². The Morgan fingerprint density at radius 3 is 2.74 bits per heavy atom. The number of nitrogens with one attached hydrogen (secondary N) is 2. The quantitative estimate of drug-likeness (QED) is 0.672. The molecule has 2 N–H and O–H groups in total. The minimum Gasteiger partial charge on any atom is -0.361 e. The first-order valence-corrected chi connectivity index (χ1v) is 12.0. The lowest BCUT2D eigenvalue weighted by molar-refractivity contribution is -0.163. The average molecular weight is 467 g/mol. The number of fused-ring (bicyclic) bond motifs is 1. The molecular formula is C26H31FN4O3. The van der Waals surface area contributed by atoms with Crippen molar-refractivity contribution in [3.8, 4) is 0 Å². The maximum Gasteiger partial charge on any atom is 0.254 e. The zero-order valence-corrected chi connectivity index (χ0v) is 19.3. The van der Waals surface area contributed by atoms with Crippen molar-refractivity contribution >= 4 is 11.8 Å². The van der Waals surface area contributed by atoms with Crippen LogP contribution in [0.1, 0.15) is 16.7 Å². The predicted octanol–water partition coefficient (Wildman–Crippen LogP) is 1.32. The van der Waals surface area contributed by atoms with Crippen LogP contribution in [0.25, 0.3) is 0 Å². The van der Waals surface area contributed by atoms with Crippen molar-refractivity contribution in [3.05, 3.63) is 71.0 Å². The monoisotopic (exact) mass is 466 g/mol. The van der Waals surface area contributed by atoms with Crippen molar-refractivity contribution in [1.29, 1.82) is 0 Å². The number of halogens is 1. The summed E-state index contributed by atoms with van der Waals surface area (Å²) in [6.07, 6.45) is 1.02. The minimum atomic E-state index is -1.19. The van der Waals surface area contributed by atoms with Gasteiger partial charge in [0.15, 0.2) is 5.60 Å². The molecule has 0 unspecified atom stereocenters. The zero-order chi connectivity index (χ0) is 23.5. The van der Waals surface area contributed by atoms with Crippen LogP contribution in [-0.2, 0) is 33.8 Å². The van der Waals surface area contributed by atoms with E-state index in [1.807, 2.05) is 4.90 Å². The molecule has 180 valence electrons. The molecule has 3 aliphatic heterocycles. The smallest absolute Gasteiger partial charge is 0.254 e. The summed E-state index contributed by atoms with van der Waals surface area (Å²) < 4.78 is 19.3. The van der Waals surface area contributed by atoms with Crippen molar-refractivity contribution < 1.29 is 18.7 Å². The van der Waals surface area contributed by atoms with Crippen LogP contribution in [0.5, 0.6) is 0 Å². The van der Waals surface area contributed by atoms with Gasteiger partial charge in [-0.3, -0.25) is 19.4 Å². The molecule has 0 aliphatic carbocycles. The second-order valence-electron chi connectivity index (χ2n) is 9.43. The normalized spacial score (nSPS) is 25.2. The molecule has 2 amide bonds. The van der Waals surface area contributed by atoms with Crippen molar-refractivity contribution in [1.82, 2.24) is 20.4 Å². The van der Waals surface area contributed by atoms with Crippen molar-refractivity contribution in [2.75, 3.05) is 45.9 Å². The largest absolute Gasteiger partial charge is 0.361 e. The number of nitrogens with zero attached hydrogens (tertiary/aromatic N) is 2. The zero-order valence-electron chi connectivity index (χ0n) is 19.3. The average Bonchev–Trinajstić information content (AvgIpc) is 3.21. The van der Waals surface area contributed by atoms with E-state index in [1.165, 1.54) is 23.3 Å². The van der Waals surface area contributed by atoms with Gasteiger partial charge in [-0.25, -0.2) is 4.39 Å². The molecule has 0 saturated carbocycles. The maximum atomic E-state index is 13.3. The van der Waals surface area contributed by atoms with Gasteiger partial charge in [-0.05, 0) is 35.2 Å². The van der Waals surface area contributed by atoms with Crippen LogP contribution in [0.2, 0.25) is 0 Å². The topological polar surface area (TPSA) is 73.9 Å². The molecule has 0 radical (unpaired) electrons. The molecule has 5 rings (SSSR count). The molecule has 2 atom stereocenters. The molecular weight excluding hydrogens is 435 g/mol. The Labute approximate surface area is 199 Å². The third-order valence-corrected chi connectivity index (χ3v) is 7.17. The fourth-order valence-electron chi connectivity index (χ4n) is 5.37. The number of ether oxygens (including phenoxy) is 1. The van der Waals surface area contributed by atoms with Crippen LogP contribution in [0.3, 0.4) is 0 Å². The molecule has 7 nitrogen and oxygen atoms in total. The first kappa shape index (κ1) is 23.0. The fourth-order valence-corrected chi connectivity index (χ4v) is 5.37. The van der Waals surface area contributed by atoms with Crippen LogP contribution < -0.4 is 10.6 Å². The van der Waals surface area contributed by atoms with E-state index in [-0.39, 0.29) is 17.6 Å². The second kappa shape index (κ2) is 9.82. The molecule has 3 heterocycles. The number of carbonyl (C=O) groups excluding carboxylic acids is 2. The summed E-state index contributed by atoms with van der Waals surface area (Å²) in [4.78, 5) is 30.6. The van der Waals surface area contributed by atoms with Crippen LogP contribution in [0.15, 0.2) is 48.5 Å². The van der Waals surface area contributed by atoms with Gasteiger partial charge < -0.3 is 15.4 Å². The first-order chi connectivity index (χ1) is 16.5. The van der Waals surface area contributed by atoms with Gasteiger partial charge in [0.2, 0.25) is 5.91 Å². The minimum absolute atomic E-state index is 0.156.